The summed E-state index contributed by atoms with van der Waals surface area (Å²) in [6.07, 6.45) is 10.2. The molecule has 0 bridgehead atoms. The fourth-order valence-electron chi connectivity index (χ4n) is 5.97. The minimum atomic E-state index is -1.47. The predicted octanol–water partition coefficient (Wildman–Crippen LogP) is 6.18. The van der Waals surface area contributed by atoms with Crippen LogP contribution in [0.5, 0.6) is 5.75 Å². The van der Waals surface area contributed by atoms with Crippen LogP contribution < -0.4 is 0 Å². The van der Waals surface area contributed by atoms with E-state index in [2.05, 4.69) is 15.0 Å². The van der Waals surface area contributed by atoms with Crippen molar-refractivity contribution in [2.75, 3.05) is 6.54 Å². The monoisotopic (exact) mass is 508 g/mol. The van der Waals surface area contributed by atoms with Gasteiger partial charge < -0.3 is 19.4 Å². The van der Waals surface area contributed by atoms with Gasteiger partial charge >= 0.3 is 0 Å². The molecule has 192 valence electrons. The van der Waals surface area contributed by atoms with Crippen LogP contribution in [0.25, 0.3) is 11.8 Å². The van der Waals surface area contributed by atoms with Crippen molar-refractivity contribution in [3.05, 3.63) is 82.7 Å². The highest BCUT2D eigenvalue weighted by Gasteiger charge is 2.52. The summed E-state index contributed by atoms with van der Waals surface area (Å²) < 4.78 is 44.2. The molecule has 3 aromatic rings. The first kappa shape index (κ1) is 23.6. The van der Waals surface area contributed by atoms with Gasteiger partial charge in [-0.3, -0.25) is 0 Å². The van der Waals surface area contributed by atoms with E-state index in [1.165, 1.54) is 0 Å². The number of fused-ring (bicyclic) bond motifs is 1. The fraction of sp³-hybridized carbons (Fsp3) is 0.357. The number of aromatic hydroxyl groups is 1. The van der Waals surface area contributed by atoms with E-state index in [1.807, 2.05) is 31.3 Å². The van der Waals surface area contributed by atoms with Crippen molar-refractivity contribution in [1.82, 2.24) is 14.5 Å². The zero-order valence-corrected chi connectivity index (χ0v) is 20.4. The highest BCUT2D eigenvalue weighted by Crippen LogP contribution is 2.50. The number of benzene rings is 2. The third-order valence-electron chi connectivity index (χ3n) is 7.63. The Morgan fingerprint density at radius 2 is 1.84 bits per heavy atom. The number of amidine groups is 1. The van der Waals surface area contributed by atoms with Crippen molar-refractivity contribution in [3.8, 4) is 11.4 Å². The molecule has 0 amide bonds. The largest absolute Gasteiger partial charge is 0.506 e. The lowest BCUT2D eigenvalue weighted by Gasteiger charge is -2.49. The highest BCUT2D eigenvalue weighted by molar-refractivity contribution is 6.03. The number of aromatic nitrogens is 2. The summed E-state index contributed by atoms with van der Waals surface area (Å²) in [5.41, 5.74) is 2.79. The maximum Gasteiger partial charge on any atom is 0.194 e. The van der Waals surface area contributed by atoms with E-state index in [9.17, 15) is 18.3 Å². The quantitative estimate of drug-likeness (QED) is 0.429. The SMILES string of the molecule is Cc1cn(-c2ccc(/C=C3\CCCN4C3=NOC3(CCCC3)[C@@H]4c3cc(F)c(F)c(F)c3)cc2O)cn1. The van der Waals surface area contributed by atoms with Gasteiger partial charge in [0.2, 0.25) is 0 Å². The number of nitrogens with zero attached hydrogens (tertiary/aromatic N) is 4. The van der Waals surface area contributed by atoms with Crippen LogP contribution in [-0.2, 0) is 4.84 Å². The second kappa shape index (κ2) is 8.97. The molecule has 6 nitrogen and oxygen atoms in total. The summed E-state index contributed by atoms with van der Waals surface area (Å²) in [4.78, 5) is 12.4. The maximum atomic E-state index is 14.3. The Morgan fingerprint density at radius 1 is 1.08 bits per heavy atom. The van der Waals surface area contributed by atoms with Gasteiger partial charge in [0.05, 0.1) is 23.8 Å². The average Bonchev–Trinajstić information content (AvgIpc) is 3.52. The van der Waals surface area contributed by atoms with Crippen LogP contribution >= 0.6 is 0 Å². The summed E-state index contributed by atoms with van der Waals surface area (Å²) in [7, 11) is 0. The number of imidazole rings is 1. The minimum Gasteiger partial charge on any atom is -0.506 e. The van der Waals surface area contributed by atoms with E-state index in [-0.39, 0.29) is 5.75 Å². The van der Waals surface area contributed by atoms with Gasteiger partial charge in [-0.15, -0.1) is 0 Å². The summed E-state index contributed by atoms with van der Waals surface area (Å²) >= 11 is 0. The van der Waals surface area contributed by atoms with Crippen LogP contribution in [0, 0.1) is 24.4 Å². The first-order chi connectivity index (χ1) is 17.8. The zero-order chi connectivity index (χ0) is 25.7. The number of hydrogen-bond acceptors (Lipinski definition) is 5. The van der Waals surface area contributed by atoms with E-state index < -0.39 is 29.1 Å². The van der Waals surface area contributed by atoms with Crippen molar-refractivity contribution in [2.24, 2.45) is 5.16 Å². The Labute approximate surface area is 212 Å². The number of oxime groups is 1. The molecule has 37 heavy (non-hydrogen) atoms. The summed E-state index contributed by atoms with van der Waals surface area (Å²) in [6.45, 7) is 2.52. The molecule has 9 heteroatoms. The molecule has 1 aliphatic carbocycles. The Kier molecular flexibility index (Phi) is 5.73. The van der Waals surface area contributed by atoms with Crippen molar-refractivity contribution < 1.29 is 23.1 Å². The molecule has 6 rings (SSSR count). The molecule has 2 aromatic carbocycles. The zero-order valence-electron chi connectivity index (χ0n) is 20.4. The first-order valence-electron chi connectivity index (χ1n) is 12.6. The molecule has 1 spiro atoms. The van der Waals surface area contributed by atoms with Crippen LogP contribution in [0.4, 0.5) is 13.2 Å². The molecule has 2 aliphatic heterocycles. The third kappa shape index (κ3) is 4.06. The summed E-state index contributed by atoms with van der Waals surface area (Å²) in [6, 6.07) is 7.09. The topological polar surface area (TPSA) is 62.9 Å². The van der Waals surface area contributed by atoms with Gasteiger partial charge in [-0.25, -0.2) is 18.2 Å². The van der Waals surface area contributed by atoms with Gasteiger partial charge in [0, 0.05) is 12.7 Å². The minimum absolute atomic E-state index is 0.112. The van der Waals surface area contributed by atoms with E-state index in [0.717, 1.165) is 54.6 Å². The van der Waals surface area contributed by atoms with Crippen molar-refractivity contribution >= 4 is 11.9 Å². The molecular weight excluding hydrogens is 481 g/mol. The molecule has 1 aromatic heterocycles. The Hall–Kier alpha value is -3.75. The standard InChI is InChI=1S/C28H27F3N4O2/c1-17-15-34(16-32-17)23-7-6-18(12-24(23)36)11-19-5-4-10-35-26(20-13-21(29)25(31)22(30)14-20)28(8-2-3-9-28)37-33-27(19)35/h6-7,11-16,26,36H,2-5,8-10H2,1H3/b19-11+/t26-/m0/s1. The predicted molar refractivity (Wildman–Crippen MR) is 133 cm³/mol. The molecule has 0 unspecified atom stereocenters. The van der Waals surface area contributed by atoms with Gasteiger partial charge in [-0.05, 0) is 92.5 Å². The molecule has 3 aliphatic rings. The average molecular weight is 509 g/mol. The van der Waals surface area contributed by atoms with Crippen LogP contribution in [-0.4, -0.2) is 37.5 Å². The van der Waals surface area contributed by atoms with Crippen LogP contribution in [0.2, 0.25) is 0 Å². The maximum absolute atomic E-state index is 14.3. The number of phenols is 1. The van der Waals surface area contributed by atoms with E-state index in [0.29, 0.717) is 36.5 Å². The smallest absolute Gasteiger partial charge is 0.194 e. The van der Waals surface area contributed by atoms with Crippen molar-refractivity contribution in [1.29, 1.82) is 0 Å². The lowest BCUT2D eigenvalue weighted by molar-refractivity contribution is -0.108. The van der Waals surface area contributed by atoms with Crippen molar-refractivity contribution in [3.63, 3.8) is 0 Å². The van der Waals surface area contributed by atoms with Crippen LogP contribution in [0.3, 0.4) is 0 Å². The molecular formula is C28H27F3N4O2. The van der Waals surface area contributed by atoms with E-state index >= 15 is 0 Å². The molecule has 1 saturated heterocycles. The van der Waals surface area contributed by atoms with E-state index in [1.54, 1.807) is 17.0 Å². The highest BCUT2D eigenvalue weighted by atomic mass is 19.2. The Bertz CT molecular complexity index is 1400. The fourth-order valence-corrected chi connectivity index (χ4v) is 5.97. The second-order valence-corrected chi connectivity index (χ2v) is 10.1. The molecule has 0 radical (unpaired) electrons. The van der Waals surface area contributed by atoms with Crippen LogP contribution in [0.15, 0.2) is 53.6 Å². The number of piperidine rings is 1. The second-order valence-electron chi connectivity index (χ2n) is 10.1. The lowest BCUT2D eigenvalue weighted by Crippen LogP contribution is -2.54. The number of phenolic OH excluding ortho intramolecular Hbond substituents is 1. The van der Waals surface area contributed by atoms with Gasteiger partial charge in [0.1, 0.15) is 5.75 Å². The van der Waals surface area contributed by atoms with E-state index in [4.69, 9.17) is 4.84 Å². The summed E-state index contributed by atoms with van der Waals surface area (Å²) in [5.74, 6) is -3.16. The Morgan fingerprint density at radius 3 is 2.51 bits per heavy atom. The van der Waals surface area contributed by atoms with Crippen molar-refractivity contribution in [2.45, 2.75) is 57.1 Å². The normalized spacial score (nSPS) is 21.7. The first-order valence-corrected chi connectivity index (χ1v) is 12.6. The number of hydrogen-bond donors (Lipinski definition) is 1. The molecule has 3 heterocycles. The number of aryl methyl sites for hydroxylation is 1. The molecule has 1 N–H and O–H groups in total. The lowest BCUT2D eigenvalue weighted by atomic mass is 9.83. The molecule has 2 fully saturated rings. The van der Waals surface area contributed by atoms with Gasteiger partial charge in [0.15, 0.2) is 28.9 Å². The summed E-state index contributed by atoms with van der Waals surface area (Å²) in [5, 5.41) is 15.2. The van der Waals surface area contributed by atoms with Crippen LogP contribution in [0.1, 0.15) is 61.4 Å². The van der Waals surface area contributed by atoms with Gasteiger partial charge in [-0.1, -0.05) is 11.2 Å². The van der Waals surface area contributed by atoms with Gasteiger partial charge in [0.25, 0.3) is 0 Å². The molecule has 1 saturated carbocycles. The number of rotatable bonds is 3. The molecule has 1 atom stereocenters. The number of halogens is 3. The van der Waals surface area contributed by atoms with Gasteiger partial charge in [-0.2, -0.15) is 0 Å². The third-order valence-corrected chi connectivity index (χ3v) is 7.63. The Balaban J connectivity index is 1.38.